The van der Waals surface area contributed by atoms with E-state index in [0.717, 1.165) is 16.1 Å². The van der Waals surface area contributed by atoms with Gasteiger partial charge in [0.25, 0.3) is 0 Å². The van der Waals surface area contributed by atoms with Gasteiger partial charge in [-0.05, 0) is 16.5 Å². The molecule has 0 fully saturated rings. The summed E-state index contributed by atoms with van der Waals surface area (Å²) in [5.41, 5.74) is 3.98. The molecular weight excluding hydrogens is 330 g/mol. The number of carboxylic acids is 1. The third-order valence-corrected chi connectivity index (χ3v) is 5.24. The molecule has 3 nitrogen and oxygen atoms in total. The fourth-order valence-corrected chi connectivity index (χ4v) is 3.59. The Labute approximate surface area is 152 Å². The van der Waals surface area contributed by atoms with Crippen LogP contribution >= 0.6 is 11.3 Å². The molecule has 0 saturated heterocycles. The number of carboxylic acid groups (broad SMARTS) is 1. The van der Waals surface area contributed by atoms with Crippen molar-refractivity contribution in [1.82, 2.24) is 4.98 Å². The number of benzene rings is 2. The molecule has 3 rings (SSSR count). The van der Waals surface area contributed by atoms with Crippen molar-refractivity contribution in [3.63, 3.8) is 0 Å². The van der Waals surface area contributed by atoms with E-state index >= 15 is 0 Å². The van der Waals surface area contributed by atoms with Crippen molar-refractivity contribution in [2.24, 2.45) is 0 Å². The highest BCUT2D eigenvalue weighted by Crippen LogP contribution is 2.31. The zero-order valence-electron chi connectivity index (χ0n) is 14.6. The molecule has 0 aliphatic heterocycles. The minimum absolute atomic E-state index is 0.0894. The van der Waals surface area contributed by atoms with Crippen molar-refractivity contribution >= 4 is 17.3 Å². The molecule has 4 heteroatoms. The summed E-state index contributed by atoms with van der Waals surface area (Å²) in [6, 6.07) is 18.1. The second-order valence-corrected chi connectivity index (χ2v) is 8.09. The van der Waals surface area contributed by atoms with Crippen LogP contribution in [0.15, 0.2) is 54.6 Å². The topological polar surface area (TPSA) is 50.2 Å². The van der Waals surface area contributed by atoms with E-state index in [0.29, 0.717) is 17.0 Å². The van der Waals surface area contributed by atoms with Crippen LogP contribution in [-0.4, -0.2) is 16.1 Å². The second-order valence-electron chi connectivity index (χ2n) is 7.09. The molecule has 0 aliphatic carbocycles. The van der Waals surface area contributed by atoms with Gasteiger partial charge < -0.3 is 5.11 Å². The Morgan fingerprint density at radius 2 is 1.68 bits per heavy atom. The maximum atomic E-state index is 11.6. The van der Waals surface area contributed by atoms with E-state index in [2.05, 4.69) is 37.9 Å². The molecule has 1 aromatic heterocycles. The zero-order valence-corrected chi connectivity index (χ0v) is 15.4. The third-order valence-electron chi connectivity index (χ3n) is 4.10. The van der Waals surface area contributed by atoms with Crippen molar-refractivity contribution < 1.29 is 9.90 Å². The smallest absolute Gasteiger partial charge is 0.347 e. The van der Waals surface area contributed by atoms with E-state index in [1.165, 1.54) is 16.9 Å². The molecule has 3 aromatic rings. The number of aromatic carboxylic acids is 1. The summed E-state index contributed by atoms with van der Waals surface area (Å²) in [5.74, 6) is -0.916. The molecule has 1 N–H and O–H groups in total. The first kappa shape index (κ1) is 17.4. The highest BCUT2D eigenvalue weighted by atomic mass is 32.1. The summed E-state index contributed by atoms with van der Waals surface area (Å²) >= 11 is 1.24. The SMILES string of the molecule is CC(C)(C)c1ccc(-c2nc(Cc3ccccc3)c(C(=O)O)s2)cc1. The molecule has 1 heterocycles. The molecule has 0 aliphatic rings. The van der Waals surface area contributed by atoms with Crippen LogP contribution < -0.4 is 0 Å². The highest BCUT2D eigenvalue weighted by Gasteiger charge is 2.19. The summed E-state index contributed by atoms with van der Waals surface area (Å²) in [6.07, 6.45) is 0.527. The average Bonchev–Trinajstić information content (AvgIpc) is 2.99. The Kier molecular flexibility index (Phi) is 4.73. The Balaban J connectivity index is 1.95. The molecule has 2 aromatic carbocycles. The second kappa shape index (κ2) is 6.81. The third kappa shape index (κ3) is 3.97. The summed E-state index contributed by atoms with van der Waals surface area (Å²) < 4.78 is 0. The Morgan fingerprint density at radius 1 is 1.04 bits per heavy atom. The van der Waals surface area contributed by atoms with Gasteiger partial charge in [0.05, 0.1) is 5.69 Å². The lowest BCUT2D eigenvalue weighted by molar-refractivity contribution is 0.0701. The van der Waals surface area contributed by atoms with E-state index in [1.54, 1.807) is 0 Å². The summed E-state index contributed by atoms with van der Waals surface area (Å²) in [7, 11) is 0. The minimum atomic E-state index is -0.916. The summed E-state index contributed by atoms with van der Waals surface area (Å²) in [6.45, 7) is 6.52. The van der Waals surface area contributed by atoms with Gasteiger partial charge in [0.1, 0.15) is 9.88 Å². The lowest BCUT2D eigenvalue weighted by Crippen LogP contribution is -2.10. The molecule has 0 spiro atoms. The first-order valence-electron chi connectivity index (χ1n) is 8.22. The van der Waals surface area contributed by atoms with Crippen LogP contribution in [0.1, 0.15) is 47.3 Å². The molecule has 0 saturated carbocycles. The van der Waals surface area contributed by atoms with Gasteiger partial charge in [0.15, 0.2) is 0 Å². The molecule has 0 unspecified atom stereocenters. The minimum Gasteiger partial charge on any atom is -0.477 e. The first-order chi connectivity index (χ1) is 11.8. The number of nitrogens with zero attached hydrogens (tertiary/aromatic N) is 1. The number of aromatic nitrogens is 1. The van der Waals surface area contributed by atoms with Crippen molar-refractivity contribution in [3.8, 4) is 10.6 Å². The zero-order chi connectivity index (χ0) is 18.0. The van der Waals surface area contributed by atoms with Crippen molar-refractivity contribution in [3.05, 3.63) is 76.3 Å². The highest BCUT2D eigenvalue weighted by molar-refractivity contribution is 7.17. The normalized spacial score (nSPS) is 11.5. The van der Waals surface area contributed by atoms with Gasteiger partial charge in [-0.25, -0.2) is 9.78 Å². The van der Waals surface area contributed by atoms with Crippen LogP contribution in [0.3, 0.4) is 0 Å². The fourth-order valence-electron chi connectivity index (χ4n) is 2.66. The standard InChI is InChI=1S/C21H21NO2S/c1-21(2,3)16-11-9-15(10-12-16)19-22-17(18(25-19)20(23)24)13-14-7-5-4-6-8-14/h4-12H,13H2,1-3H3,(H,23,24). The lowest BCUT2D eigenvalue weighted by Gasteiger charge is -2.18. The Morgan fingerprint density at radius 3 is 2.24 bits per heavy atom. The lowest BCUT2D eigenvalue weighted by atomic mass is 9.87. The first-order valence-corrected chi connectivity index (χ1v) is 9.04. The van der Waals surface area contributed by atoms with Crippen LogP contribution in [0.25, 0.3) is 10.6 Å². The number of thiazole rings is 1. The molecule has 0 amide bonds. The number of hydrogen-bond acceptors (Lipinski definition) is 3. The fraction of sp³-hybridized carbons (Fsp3) is 0.238. The molecule has 0 bridgehead atoms. The maximum Gasteiger partial charge on any atom is 0.347 e. The molecule has 25 heavy (non-hydrogen) atoms. The summed E-state index contributed by atoms with van der Waals surface area (Å²) in [4.78, 5) is 16.6. The van der Waals surface area contributed by atoms with E-state index in [4.69, 9.17) is 0 Å². The molecular formula is C21H21NO2S. The monoisotopic (exact) mass is 351 g/mol. The molecule has 0 atom stereocenters. The van der Waals surface area contributed by atoms with Crippen LogP contribution in [0, 0.1) is 0 Å². The maximum absolute atomic E-state index is 11.6. The van der Waals surface area contributed by atoms with E-state index in [9.17, 15) is 9.90 Å². The van der Waals surface area contributed by atoms with Gasteiger partial charge in [0, 0.05) is 12.0 Å². The van der Waals surface area contributed by atoms with E-state index in [1.807, 2.05) is 42.5 Å². The Bertz CT molecular complexity index is 875. The summed E-state index contributed by atoms with van der Waals surface area (Å²) in [5, 5.41) is 10.3. The molecule has 128 valence electrons. The van der Waals surface area contributed by atoms with Gasteiger partial charge in [-0.1, -0.05) is 75.4 Å². The number of carbonyl (C=O) groups is 1. The van der Waals surface area contributed by atoms with Crippen molar-refractivity contribution in [1.29, 1.82) is 0 Å². The van der Waals surface area contributed by atoms with Gasteiger partial charge in [-0.3, -0.25) is 0 Å². The van der Waals surface area contributed by atoms with Crippen molar-refractivity contribution in [2.75, 3.05) is 0 Å². The quantitative estimate of drug-likeness (QED) is 0.685. The van der Waals surface area contributed by atoms with E-state index < -0.39 is 5.97 Å². The van der Waals surface area contributed by atoms with Gasteiger partial charge in [-0.15, -0.1) is 11.3 Å². The number of rotatable bonds is 4. The largest absolute Gasteiger partial charge is 0.477 e. The predicted octanol–water partition coefficient (Wildman–Crippen LogP) is 5.40. The van der Waals surface area contributed by atoms with Gasteiger partial charge in [-0.2, -0.15) is 0 Å². The molecule has 0 radical (unpaired) electrons. The van der Waals surface area contributed by atoms with Crippen LogP contribution in [0.4, 0.5) is 0 Å². The van der Waals surface area contributed by atoms with Crippen LogP contribution in [0.2, 0.25) is 0 Å². The van der Waals surface area contributed by atoms with Gasteiger partial charge in [0.2, 0.25) is 0 Å². The average molecular weight is 351 g/mol. The Hall–Kier alpha value is -2.46. The van der Waals surface area contributed by atoms with Crippen LogP contribution in [0.5, 0.6) is 0 Å². The number of hydrogen-bond donors (Lipinski definition) is 1. The van der Waals surface area contributed by atoms with E-state index in [-0.39, 0.29) is 5.41 Å². The van der Waals surface area contributed by atoms with Crippen LogP contribution in [-0.2, 0) is 11.8 Å². The van der Waals surface area contributed by atoms with Gasteiger partial charge >= 0.3 is 5.97 Å². The van der Waals surface area contributed by atoms with Crippen molar-refractivity contribution in [2.45, 2.75) is 32.6 Å². The predicted molar refractivity (Wildman–Crippen MR) is 102 cm³/mol.